The van der Waals surface area contributed by atoms with Gasteiger partial charge in [0.2, 0.25) is 5.91 Å². The first kappa shape index (κ1) is 19.2. The minimum atomic E-state index is -0.0390. The molecule has 3 aliphatic rings. The van der Waals surface area contributed by atoms with Crippen LogP contribution in [0, 0.1) is 0 Å². The molecular weight excluding hydrogens is 376 g/mol. The molecule has 1 aromatic heterocycles. The number of hydrogen-bond donors (Lipinski definition) is 0. The normalized spacial score (nSPS) is 21.6. The molecule has 0 aliphatic carbocycles. The van der Waals surface area contributed by atoms with E-state index in [9.17, 15) is 4.79 Å². The largest absolute Gasteiger partial charge is 0.428 e. The highest BCUT2D eigenvalue weighted by Gasteiger charge is 2.33. The zero-order chi connectivity index (χ0) is 20.9. The molecule has 0 bridgehead atoms. The molecule has 2 aromatic rings. The van der Waals surface area contributed by atoms with E-state index in [1.807, 2.05) is 21.7 Å². The molecule has 6 nitrogen and oxygen atoms in total. The van der Waals surface area contributed by atoms with Gasteiger partial charge in [0, 0.05) is 48.2 Å². The van der Waals surface area contributed by atoms with Crippen LogP contribution in [-0.2, 0) is 16.6 Å². The maximum atomic E-state index is 12.9. The maximum absolute atomic E-state index is 12.9. The Morgan fingerprint density at radius 3 is 2.83 bits per heavy atom. The molecule has 5 rings (SSSR count). The van der Waals surface area contributed by atoms with Crippen molar-refractivity contribution in [2.24, 2.45) is 4.99 Å². The molecular formula is C24H29N4O2+. The van der Waals surface area contributed by atoms with Crippen molar-refractivity contribution in [3.63, 3.8) is 0 Å². The van der Waals surface area contributed by atoms with Crippen LogP contribution in [0.25, 0.3) is 5.70 Å². The van der Waals surface area contributed by atoms with Gasteiger partial charge in [-0.2, -0.15) is 0 Å². The van der Waals surface area contributed by atoms with Gasteiger partial charge in [-0.25, -0.2) is 4.98 Å². The second-order valence-electron chi connectivity index (χ2n) is 9.35. The minimum Gasteiger partial charge on any atom is -0.428 e. The third-order valence-electron chi connectivity index (χ3n) is 6.27. The fourth-order valence-electron chi connectivity index (χ4n) is 4.61. The van der Waals surface area contributed by atoms with Crippen molar-refractivity contribution in [1.29, 1.82) is 0 Å². The molecule has 1 N–H and O–H groups in total. The summed E-state index contributed by atoms with van der Waals surface area (Å²) >= 11 is 0. The van der Waals surface area contributed by atoms with E-state index in [-0.39, 0.29) is 17.9 Å². The first-order chi connectivity index (χ1) is 14.4. The molecule has 0 radical (unpaired) electrons. The standard InChI is InChI=1S/C24H28N4O2/c1-24(2,3)21-14-27(15-26-21)22-12-19-17-6-4-7-18(20-8-5-11-30-20)16(17)9-10-28(19)23(29)13-25-22/h4,6-7,12,14-15,20H,5,8-11,13H2,1-3H3/p+1. The van der Waals surface area contributed by atoms with Crippen LogP contribution < -0.4 is 0 Å². The Bertz CT molecular complexity index is 1050. The lowest BCUT2D eigenvalue weighted by Crippen LogP contribution is -2.36. The van der Waals surface area contributed by atoms with E-state index in [1.165, 1.54) is 11.1 Å². The van der Waals surface area contributed by atoms with Gasteiger partial charge in [0.05, 0.1) is 11.4 Å². The summed E-state index contributed by atoms with van der Waals surface area (Å²) in [5, 5.41) is 0. The second kappa shape index (κ2) is 7.20. The van der Waals surface area contributed by atoms with E-state index in [0.29, 0.717) is 12.6 Å². The van der Waals surface area contributed by atoms with Crippen molar-refractivity contribution in [1.82, 2.24) is 14.5 Å². The minimum absolute atomic E-state index is 0.0390. The average molecular weight is 406 g/mol. The number of aromatic nitrogens is 2. The Labute approximate surface area is 177 Å². The van der Waals surface area contributed by atoms with Crippen molar-refractivity contribution >= 4 is 17.4 Å². The number of ether oxygens (including phenoxy) is 1. The zero-order valence-corrected chi connectivity index (χ0v) is 17.9. The summed E-state index contributed by atoms with van der Waals surface area (Å²) in [4.78, 5) is 24.0. The van der Waals surface area contributed by atoms with Gasteiger partial charge < -0.3 is 9.64 Å². The summed E-state index contributed by atoms with van der Waals surface area (Å²) in [5.41, 5.74) is 5.72. The zero-order valence-electron chi connectivity index (χ0n) is 17.9. The van der Waals surface area contributed by atoms with Gasteiger partial charge in [-0.1, -0.05) is 39.0 Å². The van der Waals surface area contributed by atoms with Gasteiger partial charge in [-0.3, -0.25) is 14.4 Å². The molecule has 0 saturated carbocycles. The summed E-state index contributed by atoms with van der Waals surface area (Å²) in [6.07, 6.45) is 9.32. The number of rotatable bonds is 1. The predicted molar refractivity (Wildman–Crippen MR) is 118 cm³/mol. The van der Waals surface area contributed by atoms with Gasteiger partial charge in [0.15, 0.2) is 6.10 Å². The number of carbonyl (C=O) groups is 1. The third kappa shape index (κ3) is 3.29. The Kier molecular flexibility index (Phi) is 4.62. The van der Waals surface area contributed by atoms with Crippen LogP contribution in [0.2, 0.25) is 0 Å². The van der Waals surface area contributed by atoms with Crippen LogP contribution in [0.15, 0.2) is 41.8 Å². The Morgan fingerprint density at radius 1 is 1.23 bits per heavy atom. The van der Waals surface area contributed by atoms with Crippen LogP contribution >= 0.6 is 0 Å². The molecule has 0 spiro atoms. The fourth-order valence-corrected chi connectivity index (χ4v) is 4.61. The van der Waals surface area contributed by atoms with Gasteiger partial charge in [0.1, 0.15) is 25.3 Å². The van der Waals surface area contributed by atoms with Gasteiger partial charge in [-0.15, -0.1) is 0 Å². The van der Waals surface area contributed by atoms with Crippen molar-refractivity contribution in [3.05, 3.63) is 59.2 Å². The van der Waals surface area contributed by atoms with Crippen molar-refractivity contribution in [3.8, 4) is 0 Å². The molecule has 4 heterocycles. The van der Waals surface area contributed by atoms with Crippen LogP contribution in [0.1, 0.15) is 62.1 Å². The lowest BCUT2D eigenvalue weighted by molar-refractivity contribution is -0.126. The number of benzene rings is 1. The summed E-state index contributed by atoms with van der Waals surface area (Å²) in [6.45, 7) is 8.24. The van der Waals surface area contributed by atoms with Crippen molar-refractivity contribution in [2.75, 3.05) is 19.7 Å². The van der Waals surface area contributed by atoms with E-state index in [0.717, 1.165) is 48.7 Å². The topological polar surface area (TPSA) is 63.3 Å². The second-order valence-corrected chi connectivity index (χ2v) is 9.35. The van der Waals surface area contributed by atoms with Gasteiger partial charge in [0.25, 0.3) is 0 Å². The Morgan fingerprint density at radius 2 is 2.10 bits per heavy atom. The number of hydrogen-bond acceptors (Lipinski definition) is 3. The lowest BCUT2D eigenvalue weighted by Gasteiger charge is -2.32. The highest BCUT2D eigenvalue weighted by Crippen LogP contribution is 2.37. The summed E-state index contributed by atoms with van der Waals surface area (Å²) in [7, 11) is 0. The maximum Gasteiger partial charge on any atom is 0.248 e. The molecule has 156 valence electrons. The number of fused-ring (bicyclic) bond motifs is 3. The number of imidazole rings is 1. The van der Waals surface area contributed by atoms with Crippen LogP contribution in [0.4, 0.5) is 0 Å². The molecule has 1 aromatic carbocycles. The number of aliphatic hydroxyl groups is 2. The molecule has 30 heavy (non-hydrogen) atoms. The molecule has 1 fully saturated rings. The summed E-state index contributed by atoms with van der Waals surface area (Å²) in [6, 6.07) is 6.46. The van der Waals surface area contributed by atoms with Gasteiger partial charge >= 0.3 is 0 Å². The van der Waals surface area contributed by atoms with E-state index in [1.54, 1.807) is 6.33 Å². The first-order valence-electron chi connectivity index (χ1n) is 10.8. The van der Waals surface area contributed by atoms with Crippen molar-refractivity contribution in [2.45, 2.75) is 51.6 Å². The molecule has 1 amide bonds. The molecule has 1 atom stereocenters. The average Bonchev–Trinajstić information content (AvgIpc) is 3.39. The lowest BCUT2D eigenvalue weighted by atomic mass is 9.89. The van der Waals surface area contributed by atoms with E-state index in [2.05, 4.69) is 48.9 Å². The van der Waals surface area contributed by atoms with Crippen LogP contribution in [-0.4, -0.2) is 50.6 Å². The van der Waals surface area contributed by atoms with Crippen molar-refractivity contribution < 1.29 is 9.53 Å². The van der Waals surface area contributed by atoms with Crippen LogP contribution in [0.3, 0.4) is 0 Å². The fraction of sp³-hybridized carbons (Fsp3) is 0.458. The number of aliphatic imine (C=N–C) groups is 1. The molecule has 6 heteroatoms. The number of allylic oxidation sites excluding steroid dienone is 1. The monoisotopic (exact) mass is 405 g/mol. The number of nitrogens with zero attached hydrogens (tertiary/aromatic N) is 4. The highest BCUT2D eigenvalue weighted by atomic mass is 16.5. The van der Waals surface area contributed by atoms with Gasteiger partial charge in [-0.05, 0) is 12.0 Å². The molecule has 3 aliphatic heterocycles. The van der Waals surface area contributed by atoms with E-state index >= 15 is 0 Å². The highest BCUT2D eigenvalue weighted by molar-refractivity contribution is 6.06. The Hall–Kier alpha value is -2.73. The Balaban J connectivity index is 1.59. The van der Waals surface area contributed by atoms with Crippen LogP contribution in [0.5, 0.6) is 0 Å². The quantitative estimate of drug-likeness (QED) is 0.684. The van der Waals surface area contributed by atoms with E-state index < -0.39 is 0 Å². The first-order valence-corrected chi connectivity index (χ1v) is 10.8. The smallest absolute Gasteiger partial charge is 0.248 e. The summed E-state index contributed by atoms with van der Waals surface area (Å²) in [5.74, 6) is 0.807. The van der Waals surface area contributed by atoms with E-state index in [4.69, 9.17) is 4.74 Å². The molecule has 1 unspecified atom stereocenters. The summed E-state index contributed by atoms with van der Waals surface area (Å²) < 4.78 is 6.74. The predicted octanol–water partition coefficient (Wildman–Crippen LogP) is 3.23. The number of carbonyl (C=O) groups excluding carboxylic acids is 1. The SMILES string of the molecule is CC(C)(C)c1cn(C2=NCC(=O)N3CCc4c(cccc4C4CCC[OH+]4)C3=C2)cn1. The number of amides is 1. The molecule has 1 saturated heterocycles. The third-order valence-corrected chi connectivity index (χ3v) is 6.27.